The number of halogens is 4. The van der Waals surface area contributed by atoms with E-state index in [1.807, 2.05) is 0 Å². The summed E-state index contributed by atoms with van der Waals surface area (Å²) in [5, 5.41) is 18.9. The summed E-state index contributed by atoms with van der Waals surface area (Å²) in [6.45, 7) is 0.177. The van der Waals surface area contributed by atoms with Gasteiger partial charge in [-0.2, -0.15) is 5.10 Å². The van der Waals surface area contributed by atoms with Crippen molar-refractivity contribution in [2.45, 2.75) is 50.7 Å². The first-order valence-corrected chi connectivity index (χ1v) is 10.9. The summed E-state index contributed by atoms with van der Waals surface area (Å²) in [4.78, 5) is 34.5. The van der Waals surface area contributed by atoms with Crippen LogP contribution in [0.15, 0.2) is 16.6 Å². The lowest BCUT2D eigenvalue weighted by molar-refractivity contribution is -0.148. The van der Waals surface area contributed by atoms with E-state index in [0.717, 1.165) is 5.01 Å². The highest BCUT2D eigenvalue weighted by atomic mass is 32.1. The van der Waals surface area contributed by atoms with Crippen molar-refractivity contribution in [3.8, 4) is 0 Å². The molecule has 33 heavy (non-hydrogen) atoms. The van der Waals surface area contributed by atoms with Gasteiger partial charge in [0.2, 0.25) is 12.0 Å². The Balaban J connectivity index is 1.34. The molecule has 2 aromatic heterocycles. The number of aliphatic carboxylic acids is 1. The number of amides is 1. The van der Waals surface area contributed by atoms with Crippen molar-refractivity contribution in [2.75, 3.05) is 13.1 Å². The molecule has 1 unspecified atom stereocenters. The van der Waals surface area contributed by atoms with Crippen molar-refractivity contribution < 1.29 is 37.1 Å². The number of thiazole rings is 1. The van der Waals surface area contributed by atoms with E-state index in [4.69, 9.17) is 9.94 Å². The Kier molecular flexibility index (Phi) is 6.63. The number of piperidine rings is 1. The Bertz CT molecular complexity index is 1060. The lowest BCUT2D eigenvalue weighted by atomic mass is 9.97. The molecule has 0 spiro atoms. The molecule has 0 aromatic carbocycles. The van der Waals surface area contributed by atoms with Crippen LogP contribution < -0.4 is 0 Å². The van der Waals surface area contributed by atoms with Gasteiger partial charge in [0, 0.05) is 30.8 Å². The molecule has 0 radical (unpaired) electrons. The first-order chi connectivity index (χ1) is 15.7. The molecular formula is C19H19F4N5O4S. The minimum absolute atomic E-state index is 0.0674. The lowest BCUT2D eigenvalue weighted by Crippen LogP contribution is -2.40. The Morgan fingerprint density at radius 1 is 1.21 bits per heavy atom. The average Bonchev–Trinajstić information content (AvgIpc) is 3.52. The number of nitrogens with zero attached hydrogens (tertiary/aromatic N) is 5. The molecule has 1 N–H and O–H groups in total. The first-order valence-electron chi connectivity index (χ1n) is 10.1. The van der Waals surface area contributed by atoms with Crippen molar-refractivity contribution in [1.82, 2.24) is 19.7 Å². The minimum atomic E-state index is -3.02. The SMILES string of the molecule is O=C(O)C1CC(c2csc(C3CCN(C(=O)Cn4nc(C(F)F)cc4C(F)F)CC3)n2)=NO1. The van der Waals surface area contributed by atoms with Crippen LogP contribution in [0.5, 0.6) is 0 Å². The van der Waals surface area contributed by atoms with E-state index >= 15 is 0 Å². The van der Waals surface area contributed by atoms with E-state index in [1.54, 1.807) is 5.38 Å². The van der Waals surface area contributed by atoms with E-state index in [2.05, 4.69) is 15.2 Å². The predicted molar refractivity (Wildman–Crippen MR) is 106 cm³/mol. The van der Waals surface area contributed by atoms with E-state index in [9.17, 15) is 27.2 Å². The summed E-state index contributed by atoms with van der Waals surface area (Å²) in [5.41, 5.74) is -0.476. The van der Waals surface area contributed by atoms with Crippen LogP contribution in [0.2, 0.25) is 0 Å². The van der Waals surface area contributed by atoms with E-state index in [0.29, 0.717) is 48.1 Å². The summed E-state index contributed by atoms with van der Waals surface area (Å²) in [6.07, 6.45) is -5.74. The van der Waals surface area contributed by atoms with Gasteiger partial charge in [-0.3, -0.25) is 9.48 Å². The molecule has 1 fully saturated rings. The molecule has 14 heteroatoms. The van der Waals surface area contributed by atoms with Gasteiger partial charge in [0.1, 0.15) is 23.6 Å². The highest BCUT2D eigenvalue weighted by molar-refractivity contribution is 7.10. The number of carbonyl (C=O) groups excluding carboxylic acids is 1. The van der Waals surface area contributed by atoms with Crippen molar-refractivity contribution in [1.29, 1.82) is 0 Å². The Morgan fingerprint density at radius 3 is 2.55 bits per heavy atom. The number of carbonyl (C=O) groups is 2. The normalized spacial score (nSPS) is 19.3. The topological polar surface area (TPSA) is 110 Å². The summed E-state index contributed by atoms with van der Waals surface area (Å²) in [6, 6.07) is 0.618. The molecule has 4 rings (SSSR count). The molecular weight excluding hydrogens is 470 g/mol. The number of hydrogen-bond donors (Lipinski definition) is 1. The van der Waals surface area contributed by atoms with Gasteiger partial charge >= 0.3 is 5.97 Å². The smallest absolute Gasteiger partial charge is 0.348 e. The number of aromatic nitrogens is 3. The number of carboxylic acids is 1. The third kappa shape index (κ3) is 4.99. The average molecular weight is 489 g/mol. The van der Waals surface area contributed by atoms with Crippen LogP contribution in [0.3, 0.4) is 0 Å². The van der Waals surface area contributed by atoms with Crippen molar-refractivity contribution >= 4 is 28.9 Å². The summed E-state index contributed by atoms with van der Waals surface area (Å²) >= 11 is 1.41. The summed E-state index contributed by atoms with van der Waals surface area (Å²) in [5.74, 6) is -1.50. The van der Waals surface area contributed by atoms with Gasteiger partial charge in [-0.05, 0) is 18.9 Å². The third-order valence-corrected chi connectivity index (χ3v) is 6.53. The van der Waals surface area contributed by atoms with E-state index < -0.39 is 48.8 Å². The van der Waals surface area contributed by atoms with Gasteiger partial charge in [-0.1, -0.05) is 5.16 Å². The summed E-state index contributed by atoms with van der Waals surface area (Å²) in [7, 11) is 0. The second-order valence-electron chi connectivity index (χ2n) is 7.65. The number of alkyl halides is 4. The van der Waals surface area contributed by atoms with E-state index in [1.165, 1.54) is 16.2 Å². The molecule has 178 valence electrons. The van der Waals surface area contributed by atoms with Crippen LogP contribution in [0, 0.1) is 0 Å². The quantitative estimate of drug-likeness (QED) is 0.599. The maximum atomic E-state index is 13.1. The molecule has 1 atom stereocenters. The van der Waals surface area contributed by atoms with Gasteiger partial charge < -0.3 is 14.8 Å². The summed E-state index contributed by atoms with van der Waals surface area (Å²) < 4.78 is 52.5. The molecule has 1 amide bonds. The number of likely N-dealkylation sites (tertiary alicyclic amines) is 1. The first kappa shape index (κ1) is 23.1. The van der Waals surface area contributed by atoms with Gasteiger partial charge in [0.05, 0.1) is 10.7 Å². The van der Waals surface area contributed by atoms with Crippen LogP contribution in [-0.2, 0) is 21.0 Å². The highest BCUT2D eigenvalue weighted by Gasteiger charge is 2.31. The maximum Gasteiger partial charge on any atom is 0.348 e. The van der Waals surface area contributed by atoms with Crippen LogP contribution in [0.25, 0.3) is 0 Å². The van der Waals surface area contributed by atoms with Crippen LogP contribution in [0.1, 0.15) is 60.1 Å². The second-order valence-corrected chi connectivity index (χ2v) is 8.54. The second kappa shape index (κ2) is 9.45. The molecule has 0 saturated carbocycles. The van der Waals surface area contributed by atoms with E-state index in [-0.39, 0.29) is 12.3 Å². The van der Waals surface area contributed by atoms with Crippen LogP contribution >= 0.6 is 11.3 Å². The Labute approximate surface area is 188 Å². The predicted octanol–water partition coefficient (Wildman–Crippen LogP) is 3.20. The standard InChI is InChI=1S/C19H19F4N5O4S/c20-16(21)11-5-13(17(22)23)28(25-11)7-15(29)27-3-1-9(2-4-27)18-24-12(8-33-18)10-6-14(19(30)31)32-26-10/h5,8-9,14,16-17H,1-4,6-7H2,(H,30,31). The largest absolute Gasteiger partial charge is 0.478 e. The fourth-order valence-electron chi connectivity index (χ4n) is 3.73. The number of carboxylic acid groups (broad SMARTS) is 1. The number of rotatable bonds is 7. The Morgan fingerprint density at radius 2 is 1.94 bits per heavy atom. The van der Waals surface area contributed by atoms with Crippen molar-refractivity contribution in [2.24, 2.45) is 5.16 Å². The van der Waals surface area contributed by atoms with Crippen LogP contribution in [0.4, 0.5) is 17.6 Å². The monoisotopic (exact) mass is 489 g/mol. The van der Waals surface area contributed by atoms with Gasteiger partial charge in [-0.15, -0.1) is 11.3 Å². The zero-order valence-electron chi connectivity index (χ0n) is 17.0. The molecule has 2 aromatic rings. The molecule has 0 aliphatic carbocycles. The number of oxime groups is 1. The van der Waals surface area contributed by atoms with Gasteiger partial charge in [-0.25, -0.2) is 27.3 Å². The third-order valence-electron chi connectivity index (χ3n) is 5.52. The molecule has 2 aliphatic heterocycles. The lowest BCUT2D eigenvalue weighted by Gasteiger charge is -2.31. The van der Waals surface area contributed by atoms with Crippen molar-refractivity contribution in [3.05, 3.63) is 33.5 Å². The van der Waals surface area contributed by atoms with Crippen LogP contribution in [-0.4, -0.2) is 61.6 Å². The Hall–Kier alpha value is -3.03. The minimum Gasteiger partial charge on any atom is -0.478 e. The molecule has 9 nitrogen and oxygen atoms in total. The maximum absolute atomic E-state index is 13.1. The highest BCUT2D eigenvalue weighted by Crippen LogP contribution is 2.32. The fourth-order valence-corrected chi connectivity index (χ4v) is 4.73. The fraction of sp³-hybridized carbons (Fsp3) is 0.526. The zero-order valence-corrected chi connectivity index (χ0v) is 17.9. The van der Waals surface area contributed by atoms with Crippen molar-refractivity contribution in [3.63, 3.8) is 0 Å². The van der Waals surface area contributed by atoms with Gasteiger partial charge in [0.15, 0.2) is 0 Å². The van der Waals surface area contributed by atoms with Gasteiger partial charge in [0.25, 0.3) is 12.9 Å². The molecule has 0 bridgehead atoms. The molecule has 1 saturated heterocycles. The molecule has 4 heterocycles. The number of hydrogen-bond acceptors (Lipinski definition) is 7. The molecule has 2 aliphatic rings. The zero-order chi connectivity index (χ0) is 23.7.